The maximum atomic E-state index is 12.2. The van der Waals surface area contributed by atoms with E-state index in [1.807, 2.05) is 26.1 Å². The van der Waals surface area contributed by atoms with E-state index in [4.69, 9.17) is 0 Å². The van der Waals surface area contributed by atoms with Gasteiger partial charge in [0.2, 0.25) is 0 Å². The van der Waals surface area contributed by atoms with Gasteiger partial charge in [0, 0.05) is 5.56 Å². The topological polar surface area (TPSA) is 57.3 Å². The van der Waals surface area contributed by atoms with Gasteiger partial charge in [-0.05, 0) is 38.2 Å². The molecular formula is C17H24N3O+. The average molecular weight is 286 g/mol. The van der Waals surface area contributed by atoms with Crippen LogP contribution in [0.15, 0.2) is 24.3 Å². The highest BCUT2D eigenvalue weighted by Gasteiger charge is 2.43. The van der Waals surface area contributed by atoms with Crippen LogP contribution in [0, 0.1) is 24.2 Å². The molecule has 1 aliphatic carbocycles. The number of nitriles is 1. The van der Waals surface area contributed by atoms with E-state index in [9.17, 15) is 10.1 Å². The normalized spacial score (nSPS) is 18.4. The van der Waals surface area contributed by atoms with Gasteiger partial charge in [0.1, 0.15) is 12.1 Å². The number of aryl methyl sites for hydroxylation is 1. The summed E-state index contributed by atoms with van der Waals surface area (Å²) in [6, 6.07) is 10.5. The first-order valence-electron chi connectivity index (χ1n) is 7.52. The Morgan fingerprint density at radius 2 is 2.14 bits per heavy atom. The van der Waals surface area contributed by atoms with Crippen LogP contribution < -0.4 is 10.2 Å². The van der Waals surface area contributed by atoms with Crippen LogP contribution in [0.1, 0.15) is 30.9 Å². The number of hydrogen-bond acceptors (Lipinski definition) is 2. The summed E-state index contributed by atoms with van der Waals surface area (Å²) in [4.78, 5) is 13.3. The van der Waals surface area contributed by atoms with E-state index >= 15 is 0 Å². The first-order valence-corrected chi connectivity index (χ1v) is 7.52. The second kappa shape index (κ2) is 6.28. The Morgan fingerprint density at radius 3 is 2.71 bits per heavy atom. The average Bonchev–Trinajstić information content (AvgIpc) is 3.25. The molecular weight excluding hydrogens is 262 g/mol. The van der Waals surface area contributed by atoms with Crippen molar-refractivity contribution in [2.75, 3.05) is 13.6 Å². The molecule has 1 aliphatic rings. The number of nitrogens with one attached hydrogen (secondary N) is 2. The van der Waals surface area contributed by atoms with E-state index in [1.165, 1.54) is 11.1 Å². The maximum absolute atomic E-state index is 12.2. The summed E-state index contributed by atoms with van der Waals surface area (Å²) in [7, 11) is 2.01. The minimum Gasteiger partial charge on any atom is -0.333 e. The SMILES string of the molecule is Cc1ccccc1C[NH+](C)CC(=O)N[C@](C)(C#N)C1CC1. The third-order valence-corrected chi connectivity index (χ3v) is 4.24. The largest absolute Gasteiger partial charge is 0.333 e. The number of rotatable bonds is 6. The Balaban J connectivity index is 1.88. The highest BCUT2D eigenvalue weighted by Crippen LogP contribution is 2.39. The van der Waals surface area contributed by atoms with Gasteiger partial charge in [0.15, 0.2) is 6.54 Å². The molecule has 2 N–H and O–H groups in total. The van der Waals surface area contributed by atoms with Crippen LogP contribution in [0.4, 0.5) is 0 Å². The summed E-state index contributed by atoms with van der Waals surface area (Å²) in [6.45, 7) is 5.12. The number of hydrogen-bond donors (Lipinski definition) is 2. The fraction of sp³-hybridized carbons (Fsp3) is 0.529. The van der Waals surface area contributed by atoms with Crippen molar-refractivity contribution in [2.45, 2.75) is 38.8 Å². The molecule has 0 bridgehead atoms. The van der Waals surface area contributed by atoms with E-state index in [-0.39, 0.29) is 5.91 Å². The van der Waals surface area contributed by atoms with Gasteiger partial charge in [0.05, 0.1) is 13.1 Å². The standard InChI is InChI=1S/C17H23N3O/c1-13-6-4-5-7-14(13)10-20(3)11-16(21)19-17(2,12-18)15-8-9-15/h4-7,15H,8-11H2,1-3H3,(H,19,21)/p+1/t17-/m1/s1. The summed E-state index contributed by atoms with van der Waals surface area (Å²) in [6.07, 6.45) is 2.08. The number of nitrogens with zero attached hydrogens (tertiary/aromatic N) is 1. The Hall–Kier alpha value is -1.86. The molecule has 0 saturated heterocycles. The Morgan fingerprint density at radius 1 is 1.48 bits per heavy atom. The van der Waals surface area contributed by atoms with E-state index in [1.54, 1.807) is 0 Å². The molecule has 1 aromatic rings. The second-order valence-electron chi connectivity index (χ2n) is 6.37. The molecule has 0 spiro atoms. The van der Waals surface area contributed by atoms with Gasteiger partial charge in [-0.3, -0.25) is 4.79 Å². The lowest BCUT2D eigenvalue weighted by Crippen LogP contribution is -3.09. The number of benzene rings is 1. The Labute approximate surface area is 126 Å². The zero-order valence-corrected chi connectivity index (χ0v) is 13.1. The summed E-state index contributed by atoms with van der Waals surface area (Å²) >= 11 is 0. The zero-order valence-electron chi connectivity index (χ0n) is 13.1. The lowest BCUT2D eigenvalue weighted by atomic mass is 9.98. The van der Waals surface area contributed by atoms with E-state index in [0.717, 1.165) is 24.3 Å². The zero-order chi connectivity index (χ0) is 15.5. The lowest BCUT2D eigenvalue weighted by Gasteiger charge is -2.24. The second-order valence-corrected chi connectivity index (χ2v) is 6.37. The Kier molecular flexibility index (Phi) is 4.64. The maximum Gasteiger partial charge on any atom is 0.276 e. The first kappa shape index (κ1) is 15.5. The molecule has 0 aliphatic heterocycles. The van der Waals surface area contributed by atoms with Crippen LogP contribution in [0.2, 0.25) is 0 Å². The van der Waals surface area contributed by atoms with Crippen LogP contribution in [0.5, 0.6) is 0 Å². The number of amides is 1. The lowest BCUT2D eigenvalue weighted by molar-refractivity contribution is -0.885. The van der Waals surface area contributed by atoms with Gasteiger partial charge in [-0.1, -0.05) is 24.3 Å². The van der Waals surface area contributed by atoms with Gasteiger partial charge >= 0.3 is 0 Å². The third-order valence-electron chi connectivity index (χ3n) is 4.24. The van der Waals surface area contributed by atoms with Crippen molar-refractivity contribution in [3.05, 3.63) is 35.4 Å². The van der Waals surface area contributed by atoms with Crippen molar-refractivity contribution in [2.24, 2.45) is 5.92 Å². The van der Waals surface area contributed by atoms with Crippen LogP contribution in [0.3, 0.4) is 0 Å². The monoisotopic (exact) mass is 286 g/mol. The third kappa shape index (κ3) is 4.05. The predicted octanol–water partition coefficient (Wildman–Crippen LogP) is 0.818. The van der Waals surface area contributed by atoms with Crippen molar-refractivity contribution in [1.29, 1.82) is 5.26 Å². The smallest absolute Gasteiger partial charge is 0.276 e. The molecule has 0 heterocycles. The molecule has 2 atom stereocenters. The van der Waals surface area contributed by atoms with Crippen LogP contribution >= 0.6 is 0 Å². The van der Waals surface area contributed by atoms with Gasteiger partial charge in [0.25, 0.3) is 5.91 Å². The van der Waals surface area contributed by atoms with E-state index < -0.39 is 5.54 Å². The molecule has 0 aromatic heterocycles. The number of carbonyl (C=O) groups is 1. The fourth-order valence-corrected chi connectivity index (χ4v) is 2.69. The Bertz CT molecular complexity index is 559. The molecule has 21 heavy (non-hydrogen) atoms. The van der Waals surface area contributed by atoms with Crippen molar-refractivity contribution in [3.8, 4) is 6.07 Å². The number of likely N-dealkylation sites (N-methyl/N-ethyl adjacent to an activating group) is 1. The minimum absolute atomic E-state index is 0.0444. The van der Waals surface area contributed by atoms with Crippen LogP contribution in [-0.4, -0.2) is 25.0 Å². The van der Waals surface area contributed by atoms with Gasteiger partial charge in [-0.2, -0.15) is 5.26 Å². The van der Waals surface area contributed by atoms with Crippen molar-refractivity contribution >= 4 is 5.91 Å². The van der Waals surface area contributed by atoms with E-state index in [2.05, 4.69) is 30.4 Å². The minimum atomic E-state index is -0.694. The molecule has 4 nitrogen and oxygen atoms in total. The van der Waals surface area contributed by atoms with Crippen molar-refractivity contribution in [1.82, 2.24) is 5.32 Å². The molecule has 1 aromatic carbocycles. The quantitative estimate of drug-likeness (QED) is 0.813. The van der Waals surface area contributed by atoms with Gasteiger partial charge < -0.3 is 10.2 Å². The summed E-state index contributed by atoms with van der Waals surface area (Å²) in [5.74, 6) is 0.278. The molecule has 1 saturated carbocycles. The van der Waals surface area contributed by atoms with Gasteiger partial charge in [-0.15, -0.1) is 0 Å². The summed E-state index contributed by atoms with van der Waals surface area (Å²) in [5, 5.41) is 12.2. The number of carbonyl (C=O) groups excluding carboxylic acids is 1. The fourth-order valence-electron chi connectivity index (χ4n) is 2.69. The molecule has 0 radical (unpaired) electrons. The van der Waals surface area contributed by atoms with E-state index in [0.29, 0.717) is 12.5 Å². The highest BCUT2D eigenvalue weighted by atomic mass is 16.2. The molecule has 1 unspecified atom stereocenters. The van der Waals surface area contributed by atoms with Gasteiger partial charge in [-0.25, -0.2) is 0 Å². The molecule has 1 fully saturated rings. The molecule has 112 valence electrons. The van der Waals surface area contributed by atoms with Crippen LogP contribution in [0.25, 0.3) is 0 Å². The summed E-state index contributed by atoms with van der Waals surface area (Å²) in [5.41, 5.74) is 1.81. The first-order chi connectivity index (χ1) is 9.94. The highest BCUT2D eigenvalue weighted by molar-refractivity contribution is 5.78. The number of quaternary nitrogens is 1. The molecule has 4 heteroatoms. The predicted molar refractivity (Wildman–Crippen MR) is 81.5 cm³/mol. The summed E-state index contributed by atoms with van der Waals surface area (Å²) < 4.78 is 0. The van der Waals surface area contributed by atoms with Crippen LogP contribution in [-0.2, 0) is 11.3 Å². The van der Waals surface area contributed by atoms with Crippen molar-refractivity contribution in [3.63, 3.8) is 0 Å². The molecule has 2 rings (SSSR count). The van der Waals surface area contributed by atoms with Crippen molar-refractivity contribution < 1.29 is 9.69 Å². The molecule has 1 amide bonds.